The van der Waals surface area contributed by atoms with E-state index < -0.39 is 0 Å². The first kappa shape index (κ1) is 13.5. The van der Waals surface area contributed by atoms with E-state index in [0.717, 1.165) is 24.8 Å². The summed E-state index contributed by atoms with van der Waals surface area (Å²) < 4.78 is 0. The van der Waals surface area contributed by atoms with Crippen LogP contribution in [0.15, 0.2) is 24.3 Å². The molecule has 0 aliphatic rings. The van der Waals surface area contributed by atoms with E-state index in [9.17, 15) is 0 Å². The Hall–Kier alpha value is -0.530. The van der Waals surface area contributed by atoms with Gasteiger partial charge in [0.25, 0.3) is 0 Å². The molecule has 1 nitrogen and oxygen atoms in total. The number of aliphatic hydroxyl groups excluding tert-OH is 1. The van der Waals surface area contributed by atoms with Crippen LogP contribution in [0.2, 0.25) is 0 Å². The zero-order chi connectivity index (χ0) is 12.0. The van der Waals surface area contributed by atoms with Gasteiger partial charge in [0.1, 0.15) is 0 Å². The molecule has 16 heavy (non-hydrogen) atoms. The minimum Gasteiger partial charge on any atom is -0.396 e. The predicted molar refractivity (Wildman–Crippen MR) is 70.1 cm³/mol. The van der Waals surface area contributed by atoms with E-state index in [-0.39, 0.29) is 12.0 Å². The van der Waals surface area contributed by atoms with Crippen LogP contribution in [0.3, 0.4) is 0 Å². The smallest absolute Gasteiger partial charge is 0.0586 e. The molecule has 0 spiro atoms. The van der Waals surface area contributed by atoms with Gasteiger partial charge in [0.15, 0.2) is 0 Å². The van der Waals surface area contributed by atoms with Crippen molar-refractivity contribution in [2.24, 2.45) is 0 Å². The van der Waals surface area contributed by atoms with Gasteiger partial charge in [-0.25, -0.2) is 0 Å². The topological polar surface area (TPSA) is 20.2 Å². The van der Waals surface area contributed by atoms with Crippen molar-refractivity contribution in [2.75, 3.05) is 6.61 Å². The van der Waals surface area contributed by atoms with Gasteiger partial charge < -0.3 is 5.11 Å². The van der Waals surface area contributed by atoms with Gasteiger partial charge in [-0.2, -0.15) is 0 Å². The largest absolute Gasteiger partial charge is 0.396 e. The molecule has 1 aromatic carbocycles. The molecular weight excluding hydrogens is 220 g/mol. The van der Waals surface area contributed by atoms with Gasteiger partial charge >= 0.3 is 0 Å². The van der Waals surface area contributed by atoms with Gasteiger partial charge in [0, 0.05) is 6.61 Å². The third-order valence-electron chi connectivity index (χ3n) is 3.10. The van der Waals surface area contributed by atoms with Crippen LogP contribution in [0.4, 0.5) is 0 Å². The zero-order valence-electron chi connectivity index (χ0n) is 10.1. The molecule has 1 aromatic rings. The van der Waals surface area contributed by atoms with E-state index in [1.807, 2.05) is 0 Å². The number of halogens is 1. The standard InChI is InChI=1S/C14H21ClO/c1-3-11(2)12-6-8-13(9-7-12)14(15)5-4-10-16/h6-9,11,14,16H,3-5,10H2,1-2H3. The lowest BCUT2D eigenvalue weighted by Gasteiger charge is -2.12. The molecule has 0 radical (unpaired) electrons. The molecule has 90 valence electrons. The van der Waals surface area contributed by atoms with Gasteiger partial charge in [-0.05, 0) is 36.3 Å². The maximum Gasteiger partial charge on any atom is 0.0586 e. The number of rotatable bonds is 6. The molecule has 2 heteroatoms. The lowest BCUT2D eigenvalue weighted by atomic mass is 9.96. The quantitative estimate of drug-likeness (QED) is 0.737. The first-order chi connectivity index (χ1) is 7.69. The number of hydrogen-bond donors (Lipinski definition) is 1. The van der Waals surface area contributed by atoms with Gasteiger partial charge in [-0.3, -0.25) is 0 Å². The van der Waals surface area contributed by atoms with Gasteiger partial charge in [0.2, 0.25) is 0 Å². The highest BCUT2D eigenvalue weighted by atomic mass is 35.5. The fraction of sp³-hybridized carbons (Fsp3) is 0.571. The summed E-state index contributed by atoms with van der Waals surface area (Å²) in [6.45, 7) is 4.65. The van der Waals surface area contributed by atoms with Crippen molar-refractivity contribution in [3.63, 3.8) is 0 Å². The highest BCUT2D eigenvalue weighted by molar-refractivity contribution is 6.20. The maximum atomic E-state index is 8.75. The molecule has 0 saturated heterocycles. The van der Waals surface area contributed by atoms with Gasteiger partial charge in [-0.15, -0.1) is 11.6 Å². The summed E-state index contributed by atoms with van der Waals surface area (Å²) in [5.74, 6) is 0.611. The lowest BCUT2D eigenvalue weighted by molar-refractivity contribution is 0.284. The Bertz CT molecular complexity index is 294. The second-order valence-electron chi connectivity index (χ2n) is 4.31. The number of benzene rings is 1. The van der Waals surface area contributed by atoms with Crippen LogP contribution in [0, 0.1) is 0 Å². The summed E-state index contributed by atoms with van der Waals surface area (Å²) >= 11 is 6.24. The van der Waals surface area contributed by atoms with E-state index in [2.05, 4.69) is 38.1 Å². The van der Waals surface area contributed by atoms with E-state index >= 15 is 0 Å². The van der Waals surface area contributed by atoms with Crippen LogP contribution in [-0.4, -0.2) is 11.7 Å². The van der Waals surface area contributed by atoms with Crippen molar-refractivity contribution in [1.29, 1.82) is 0 Å². The van der Waals surface area contributed by atoms with Crippen LogP contribution in [-0.2, 0) is 0 Å². The molecule has 0 aliphatic carbocycles. The zero-order valence-corrected chi connectivity index (χ0v) is 10.9. The van der Waals surface area contributed by atoms with Crippen LogP contribution in [0.5, 0.6) is 0 Å². The summed E-state index contributed by atoms with van der Waals surface area (Å²) in [6, 6.07) is 8.54. The normalized spacial score (nSPS) is 14.8. The van der Waals surface area contributed by atoms with E-state index in [4.69, 9.17) is 16.7 Å². The third-order valence-corrected chi connectivity index (χ3v) is 3.57. The van der Waals surface area contributed by atoms with Crippen molar-refractivity contribution >= 4 is 11.6 Å². The summed E-state index contributed by atoms with van der Waals surface area (Å²) in [7, 11) is 0. The fourth-order valence-corrected chi connectivity index (χ4v) is 2.01. The van der Waals surface area contributed by atoms with Crippen LogP contribution in [0.1, 0.15) is 55.5 Å². The Kier molecular flexibility index (Phi) is 5.86. The van der Waals surface area contributed by atoms with E-state index in [1.54, 1.807) is 0 Å². The molecule has 0 amide bonds. The second kappa shape index (κ2) is 6.93. The SMILES string of the molecule is CCC(C)c1ccc(C(Cl)CCCO)cc1. The highest BCUT2D eigenvalue weighted by Crippen LogP contribution is 2.27. The van der Waals surface area contributed by atoms with Gasteiger partial charge in [0.05, 0.1) is 5.38 Å². The molecule has 0 bridgehead atoms. The Morgan fingerprint density at radius 2 is 1.75 bits per heavy atom. The molecule has 2 unspecified atom stereocenters. The highest BCUT2D eigenvalue weighted by Gasteiger charge is 2.08. The lowest BCUT2D eigenvalue weighted by Crippen LogP contribution is -1.95. The average molecular weight is 241 g/mol. The molecule has 0 saturated carbocycles. The minimum atomic E-state index is 0.0260. The first-order valence-electron chi connectivity index (χ1n) is 6.03. The Morgan fingerprint density at radius 3 is 2.25 bits per heavy atom. The number of hydrogen-bond acceptors (Lipinski definition) is 1. The van der Waals surface area contributed by atoms with Crippen LogP contribution in [0.25, 0.3) is 0 Å². The molecule has 0 heterocycles. The third kappa shape index (κ3) is 3.80. The fourth-order valence-electron chi connectivity index (χ4n) is 1.71. The van der Waals surface area contributed by atoms with E-state index in [1.165, 1.54) is 5.56 Å². The molecule has 0 aliphatic heterocycles. The molecule has 2 atom stereocenters. The van der Waals surface area contributed by atoms with E-state index in [0.29, 0.717) is 5.92 Å². The predicted octanol–water partition coefficient (Wildman–Crippen LogP) is 4.25. The summed E-state index contributed by atoms with van der Waals surface area (Å²) in [5.41, 5.74) is 2.53. The summed E-state index contributed by atoms with van der Waals surface area (Å²) in [6.07, 6.45) is 2.76. The summed E-state index contributed by atoms with van der Waals surface area (Å²) in [5, 5.41) is 8.78. The Balaban J connectivity index is 2.63. The molecule has 0 aromatic heterocycles. The molecule has 1 N–H and O–H groups in total. The average Bonchev–Trinajstić information content (AvgIpc) is 2.35. The number of aliphatic hydroxyl groups is 1. The van der Waals surface area contributed by atoms with Crippen molar-refractivity contribution in [3.05, 3.63) is 35.4 Å². The van der Waals surface area contributed by atoms with Gasteiger partial charge in [-0.1, -0.05) is 38.1 Å². The Labute approximate surface area is 103 Å². The second-order valence-corrected chi connectivity index (χ2v) is 4.84. The van der Waals surface area contributed by atoms with Crippen molar-refractivity contribution in [2.45, 2.75) is 44.4 Å². The van der Waals surface area contributed by atoms with Crippen molar-refractivity contribution in [1.82, 2.24) is 0 Å². The summed E-state index contributed by atoms with van der Waals surface area (Å²) in [4.78, 5) is 0. The Morgan fingerprint density at radius 1 is 1.19 bits per heavy atom. The van der Waals surface area contributed by atoms with Crippen molar-refractivity contribution < 1.29 is 5.11 Å². The maximum absolute atomic E-state index is 8.75. The molecule has 1 rings (SSSR count). The monoisotopic (exact) mass is 240 g/mol. The first-order valence-corrected chi connectivity index (χ1v) is 6.47. The van der Waals surface area contributed by atoms with Crippen LogP contribution >= 0.6 is 11.6 Å². The number of alkyl halides is 1. The minimum absolute atomic E-state index is 0.0260. The molecule has 0 fully saturated rings. The molecular formula is C14H21ClO. The van der Waals surface area contributed by atoms with Crippen LogP contribution < -0.4 is 0 Å². The van der Waals surface area contributed by atoms with Crippen molar-refractivity contribution in [3.8, 4) is 0 Å².